The highest BCUT2D eigenvalue weighted by Crippen LogP contribution is 2.67. The van der Waals surface area contributed by atoms with Crippen molar-refractivity contribution in [1.29, 1.82) is 0 Å². The molecule has 4 heteroatoms. The molecule has 7 aliphatic rings. The highest BCUT2D eigenvalue weighted by atomic mass is 15.3. The van der Waals surface area contributed by atoms with E-state index in [0.29, 0.717) is 0 Å². The van der Waals surface area contributed by atoms with Gasteiger partial charge in [0.1, 0.15) is 0 Å². The fraction of sp³-hybridized carbons (Fsp3) is 0.333. The van der Waals surface area contributed by atoms with Gasteiger partial charge in [0.2, 0.25) is 0 Å². The molecule has 67 heavy (non-hydrogen) atoms. The Kier molecular flexibility index (Phi) is 7.88. The highest BCUT2D eigenvalue weighted by molar-refractivity contribution is 7.00. The first-order chi connectivity index (χ1) is 32.4. The largest absolute Gasteiger partial charge is 0.335 e. The third kappa shape index (κ3) is 4.62. The van der Waals surface area contributed by atoms with E-state index in [2.05, 4.69) is 215 Å². The van der Waals surface area contributed by atoms with Gasteiger partial charge in [-0.3, -0.25) is 0 Å². The summed E-state index contributed by atoms with van der Waals surface area (Å²) in [7, 11) is 0. The van der Waals surface area contributed by atoms with E-state index in [0.717, 1.165) is 0 Å². The van der Waals surface area contributed by atoms with E-state index in [1.165, 1.54) is 135 Å². The van der Waals surface area contributed by atoms with Gasteiger partial charge in [-0.25, -0.2) is 0 Å². The van der Waals surface area contributed by atoms with Crippen LogP contribution >= 0.6 is 0 Å². The van der Waals surface area contributed by atoms with Crippen molar-refractivity contribution >= 4 is 62.9 Å². The molecule has 2 fully saturated rings. The van der Waals surface area contributed by atoms with Crippen LogP contribution in [0.2, 0.25) is 0 Å². The number of hydrogen-bond acceptors (Lipinski definition) is 3. The zero-order chi connectivity index (χ0) is 45.5. The van der Waals surface area contributed by atoms with Gasteiger partial charge in [0.15, 0.2) is 0 Å². The summed E-state index contributed by atoms with van der Waals surface area (Å²) in [4.78, 5) is 8.57. The van der Waals surface area contributed by atoms with Gasteiger partial charge in [0.25, 0.3) is 6.71 Å². The molecule has 3 nitrogen and oxygen atoms in total. The second kappa shape index (κ2) is 13.2. The van der Waals surface area contributed by atoms with E-state index in [-0.39, 0.29) is 34.0 Å². The lowest BCUT2D eigenvalue weighted by Gasteiger charge is -2.55. The molecule has 4 atom stereocenters. The summed E-state index contributed by atoms with van der Waals surface area (Å²) in [5.74, 6) is 0. The van der Waals surface area contributed by atoms with Crippen LogP contribution in [-0.4, -0.2) is 17.8 Å². The molecule has 14 rings (SSSR count). The average Bonchev–Trinajstić information content (AvgIpc) is 3.70. The standard InChI is InChI=1S/C63H62BN3/c1-58(2,3)46-33-34-49-57-54(46)60(5)36-19-21-38-62(60,7)67(57)53-40-43(39-52-55(53)64(49)48-30-22-29-47-56(48)66(52)61(6)37-20-18-35-59(47,61)4)65-50-31-16-14-27-44(50)63(41-23-10-8-11-24-41,42-25-12-9-13-26-42)45-28-15-17-32-51(45)65/h8-17,22-34,39-40H,18-21,35-38H2,1-7H3. The van der Waals surface area contributed by atoms with Crippen molar-refractivity contribution in [2.75, 3.05) is 14.7 Å². The molecular formula is C63H62BN3. The van der Waals surface area contributed by atoms with Gasteiger partial charge in [-0.2, -0.15) is 0 Å². The summed E-state index contributed by atoms with van der Waals surface area (Å²) < 4.78 is 0. The van der Waals surface area contributed by atoms with Gasteiger partial charge in [-0.1, -0.05) is 188 Å². The number of rotatable bonds is 3. The van der Waals surface area contributed by atoms with E-state index in [1.54, 1.807) is 11.1 Å². The Bertz CT molecular complexity index is 3150. The zero-order valence-electron chi connectivity index (χ0n) is 40.5. The highest BCUT2D eigenvalue weighted by Gasteiger charge is 2.65. The second-order valence-electron chi connectivity index (χ2n) is 23.4. The third-order valence-electron chi connectivity index (χ3n) is 19.5. The average molecular weight is 872 g/mol. The maximum Gasteiger partial charge on any atom is 0.252 e. The predicted molar refractivity (Wildman–Crippen MR) is 282 cm³/mol. The van der Waals surface area contributed by atoms with Crippen LogP contribution in [0.4, 0.5) is 39.8 Å². The van der Waals surface area contributed by atoms with E-state index >= 15 is 0 Å². The second-order valence-corrected chi connectivity index (χ2v) is 23.4. The minimum absolute atomic E-state index is 0.000236. The molecule has 0 saturated heterocycles. The van der Waals surface area contributed by atoms with E-state index in [9.17, 15) is 0 Å². The maximum absolute atomic E-state index is 2.97. The predicted octanol–water partition coefficient (Wildman–Crippen LogP) is 13.8. The van der Waals surface area contributed by atoms with Crippen LogP contribution in [0.25, 0.3) is 0 Å². The number of benzene rings is 7. The Balaban J connectivity index is 1.12. The molecule has 5 heterocycles. The minimum Gasteiger partial charge on any atom is -0.335 e. The summed E-state index contributed by atoms with van der Waals surface area (Å²) >= 11 is 0. The number of nitrogens with zero attached hydrogens (tertiary/aromatic N) is 3. The summed E-state index contributed by atoms with van der Waals surface area (Å²) in [6, 6.07) is 59.2. The molecule has 7 aromatic carbocycles. The lowest BCUT2D eigenvalue weighted by atomic mass is 9.33. The molecule has 0 aromatic heterocycles. The fourth-order valence-corrected chi connectivity index (χ4v) is 16.1. The van der Waals surface area contributed by atoms with Crippen molar-refractivity contribution in [2.45, 2.75) is 133 Å². The SMILES string of the molecule is CC(C)(C)c1ccc2c3c1C1(C)CCCCC1(C)N3c1cc(N3c4ccccc4C(c4ccccc4)(c4ccccc4)c4ccccc43)cc3c1B2c1cccc2c1N3C1(C)CCCCC21C. The van der Waals surface area contributed by atoms with Crippen LogP contribution in [0.1, 0.15) is 139 Å². The molecule has 332 valence electrons. The number of hydrogen-bond donors (Lipinski definition) is 0. The molecule has 0 amide bonds. The Morgan fingerprint density at radius 1 is 0.463 bits per heavy atom. The molecule has 7 aromatic rings. The quantitative estimate of drug-likeness (QED) is 0.164. The first-order valence-electron chi connectivity index (χ1n) is 25.6. The van der Waals surface area contributed by atoms with Crippen LogP contribution in [-0.2, 0) is 21.7 Å². The van der Waals surface area contributed by atoms with Crippen LogP contribution in [0.3, 0.4) is 0 Å². The first-order valence-corrected chi connectivity index (χ1v) is 25.6. The number of fused-ring (bicyclic) bond motifs is 12. The molecule has 0 N–H and O–H groups in total. The van der Waals surface area contributed by atoms with Crippen molar-refractivity contribution in [2.24, 2.45) is 0 Å². The van der Waals surface area contributed by atoms with E-state index in [1.807, 2.05) is 0 Å². The van der Waals surface area contributed by atoms with Crippen molar-refractivity contribution < 1.29 is 0 Å². The van der Waals surface area contributed by atoms with Crippen molar-refractivity contribution in [3.8, 4) is 0 Å². The topological polar surface area (TPSA) is 9.72 Å². The van der Waals surface area contributed by atoms with Crippen molar-refractivity contribution in [3.05, 3.63) is 191 Å². The van der Waals surface area contributed by atoms with Gasteiger partial charge in [0.05, 0.1) is 33.6 Å². The molecule has 0 spiro atoms. The van der Waals surface area contributed by atoms with Crippen LogP contribution in [0.15, 0.2) is 152 Å². The molecule has 2 aliphatic carbocycles. The normalized spacial score (nSPS) is 26.5. The minimum atomic E-state index is -0.524. The van der Waals surface area contributed by atoms with E-state index < -0.39 is 5.41 Å². The molecule has 2 saturated carbocycles. The summed E-state index contributed by atoms with van der Waals surface area (Å²) in [5.41, 5.74) is 23.4. The lowest BCUT2D eigenvalue weighted by Crippen LogP contribution is -2.66. The monoisotopic (exact) mass is 872 g/mol. The Morgan fingerprint density at radius 2 is 0.955 bits per heavy atom. The molecule has 0 radical (unpaired) electrons. The molecular weight excluding hydrogens is 810 g/mol. The number of anilines is 7. The van der Waals surface area contributed by atoms with Gasteiger partial charge >= 0.3 is 0 Å². The van der Waals surface area contributed by atoms with E-state index in [4.69, 9.17) is 0 Å². The summed E-state index contributed by atoms with van der Waals surface area (Å²) in [5, 5.41) is 0. The van der Waals surface area contributed by atoms with Crippen LogP contribution in [0.5, 0.6) is 0 Å². The maximum atomic E-state index is 2.97. The van der Waals surface area contributed by atoms with Crippen LogP contribution in [0, 0.1) is 0 Å². The van der Waals surface area contributed by atoms with Crippen LogP contribution < -0.4 is 31.1 Å². The fourth-order valence-electron chi connectivity index (χ4n) is 16.1. The zero-order valence-corrected chi connectivity index (χ0v) is 40.5. The third-order valence-corrected chi connectivity index (χ3v) is 19.5. The van der Waals surface area contributed by atoms with Gasteiger partial charge in [-0.15, -0.1) is 0 Å². The smallest absolute Gasteiger partial charge is 0.252 e. The summed E-state index contributed by atoms with van der Waals surface area (Å²) in [6.07, 6.45) is 9.86. The molecule has 0 bridgehead atoms. The Hall–Kier alpha value is -6.00. The van der Waals surface area contributed by atoms with Crippen molar-refractivity contribution in [1.82, 2.24) is 0 Å². The molecule has 5 aliphatic heterocycles. The number of para-hydroxylation sites is 3. The Labute approximate surface area is 398 Å². The summed E-state index contributed by atoms with van der Waals surface area (Å²) in [6.45, 7) is 18.1. The Morgan fingerprint density at radius 3 is 1.55 bits per heavy atom. The van der Waals surface area contributed by atoms with Gasteiger partial charge < -0.3 is 14.7 Å². The van der Waals surface area contributed by atoms with Crippen molar-refractivity contribution in [3.63, 3.8) is 0 Å². The lowest BCUT2D eigenvalue weighted by molar-refractivity contribution is 0.193. The van der Waals surface area contributed by atoms with Gasteiger partial charge in [-0.05, 0) is 125 Å². The first kappa shape index (κ1) is 40.1. The molecule has 4 unspecified atom stereocenters. The van der Waals surface area contributed by atoms with Gasteiger partial charge in [0, 0.05) is 33.6 Å².